The lowest BCUT2D eigenvalue weighted by Gasteiger charge is -2.49. The highest BCUT2D eigenvalue weighted by Crippen LogP contribution is 2.42. The van der Waals surface area contributed by atoms with E-state index in [1.54, 1.807) is 0 Å². The molecule has 0 bridgehead atoms. The Morgan fingerprint density at radius 2 is 2.20 bits per heavy atom. The summed E-state index contributed by atoms with van der Waals surface area (Å²) in [6.45, 7) is 4.19. The Bertz CT molecular complexity index is 364. The summed E-state index contributed by atoms with van der Waals surface area (Å²) in [6, 6.07) is 8.48. The molecule has 0 aromatic heterocycles. The highest BCUT2D eigenvalue weighted by Gasteiger charge is 2.47. The number of rotatable bonds is 2. The number of nitrogens with one attached hydrogen (secondary N) is 1. The van der Waals surface area contributed by atoms with Crippen molar-refractivity contribution in [1.82, 2.24) is 0 Å². The van der Waals surface area contributed by atoms with Gasteiger partial charge in [-0.05, 0) is 24.6 Å². The van der Waals surface area contributed by atoms with E-state index in [1.807, 2.05) is 18.2 Å². The van der Waals surface area contributed by atoms with Crippen LogP contribution in [-0.2, 0) is 0 Å². The highest BCUT2D eigenvalue weighted by molar-refractivity contribution is 9.10. The van der Waals surface area contributed by atoms with E-state index >= 15 is 0 Å². The summed E-state index contributed by atoms with van der Waals surface area (Å²) in [5.74, 6) is 0. The van der Waals surface area contributed by atoms with Gasteiger partial charge >= 0.3 is 0 Å². The number of aliphatic hydroxyl groups excluding tert-OH is 1. The maximum Gasteiger partial charge on any atom is 0.0630 e. The number of aliphatic hydroxyl groups is 1. The molecule has 1 aromatic carbocycles. The zero-order valence-corrected chi connectivity index (χ0v) is 10.6. The third-order valence-electron chi connectivity index (χ3n) is 3.38. The maximum absolute atomic E-state index is 9.63. The van der Waals surface area contributed by atoms with E-state index in [-0.39, 0.29) is 11.5 Å². The average Bonchev–Trinajstić information content (AvgIpc) is 2.17. The standard InChI is InChI=1S/C12H16BrNO/c1-12(2)10(7-11(12)15)14-9-5-3-4-8(13)6-9/h3-6,10-11,14-15H,7H2,1-2H3. The first kappa shape index (κ1) is 11.0. The lowest BCUT2D eigenvalue weighted by Crippen LogP contribution is -2.56. The predicted molar refractivity (Wildman–Crippen MR) is 66.0 cm³/mol. The Balaban J connectivity index is 2.05. The molecule has 1 aliphatic rings. The molecule has 0 radical (unpaired) electrons. The minimum Gasteiger partial charge on any atom is -0.392 e. The fourth-order valence-corrected chi connectivity index (χ4v) is 2.33. The zero-order chi connectivity index (χ0) is 11.1. The van der Waals surface area contributed by atoms with E-state index in [0.29, 0.717) is 6.04 Å². The Kier molecular flexibility index (Phi) is 2.77. The van der Waals surface area contributed by atoms with E-state index in [2.05, 4.69) is 41.2 Å². The first-order chi connectivity index (χ1) is 7.00. The second-order valence-electron chi connectivity index (χ2n) is 4.78. The van der Waals surface area contributed by atoms with Crippen molar-refractivity contribution in [2.24, 2.45) is 5.41 Å². The summed E-state index contributed by atoms with van der Waals surface area (Å²) in [4.78, 5) is 0. The Morgan fingerprint density at radius 1 is 1.47 bits per heavy atom. The number of anilines is 1. The Morgan fingerprint density at radius 3 is 2.73 bits per heavy atom. The number of hydrogen-bond donors (Lipinski definition) is 2. The first-order valence-electron chi connectivity index (χ1n) is 5.20. The molecule has 0 aliphatic heterocycles. The molecule has 1 saturated carbocycles. The lowest BCUT2D eigenvalue weighted by atomic mass is 9.64. The van der Waals surface area contributed by atoms with Gasteiger partial charge in [0.05, 0.1) is 6.10 Å². The van der Waals surface area contributed by atoms with E-state index < -0.39 is 0 Å². The molecule has 2 unspecified atom stereocenters. The van der Waals surface area contributed by atoms with Crippen LogP contribution < -0.4 is 5.32 Å². The highest BCUT2D eigenvalue weighted by atomic mass is 79.9. The molecular weight excluding hydrogens is 254 g/mol. The molecular formula is C12H16BrNO. The van der Waals surface area contributed by atoms with Crippen molar-refractivity contribution in [3.63, 3.8) is 0 Å². The number of hydrogen-bond acceptors (Lipinski definition) is 2. The largest absolute Gasteiger partial charge is 0.392 e. The molecule has 2 nitrogen and oxygen atoms in total. The molecule has 0 amide bonds. The minimum atomic E-state index is -0.179. The SMILES string of the molecule is CC1(C)C(O)CC1Nc1cccc(Br)c1. The number of halogens is 1. The second-order valence-corrected chi connectivity index (χ2v) is 5.70. The van der Waals surface area contributed by atoms with Crippen LogP contribution >= 0.6 is 15.9 Å². The van der Waals surface area contributed by atoms with E-state index in [9.17, 15) is 5.11 Å². The summed E-state index contributed by atoms with van der Waals surface area (Å²) < 4.78 is 1.07. The average molecular weight is 270 g/mol. The van der Waals surface area contributed by atoms with Gasteiger partial charge < -0.3 is 10.4 Å². The molecule has 82 valence electrons. The predicted octanol–water partition coefficient (Wildman–Crippen LogP) is 3.02. The van der Waals surface area contributed by atoms with Gasteiger partial charge in [0, 0.05) is 21.6 Å². The molecule has 2 rings (SSSR count). The van der Waals surface area contributed by atoms with Gasteiger partial charge in [-0.2, -0.15) is 0 Å². The van der Waals surface area contributed by atoms with Gasteiger partial charge in [0.2, 0.25) is 0 Å². The fraction of sp³-hybridized carbons (Fsp3) is 0.500. The van der Waals surface area contributed by atoms with Crippen molar-refractivity contribution in [3.8, 4) is 0 Å². The van der Waals surface area contributed by atoms with Gasteiger partial charge in [0.15, 0.2) is 0 Å². The monoisotopic (exact) mass is 269 g/mol. The van der Waals surface area contributed by atoms with Gasteiger partial charge in [-0.25, -0.2) is 0 Å². The van der Waals surface area contributed by atoms with Crippen LogP contribution in [0.4, 0.5) is 5.69 Å². The molecule has 1 fully saturated rings. The minimum absolute atomic E-state index is 0.0255. The van der Waals surface area contributed by atoms with E-state index in [1.165, 1.54) is 0 Å². The molecule has 0 saturated heterocycles. The topological polar surface area (TPSA) is 32.3 Å². The molecule has 0 heterocycles. The number of benzene rings is 1. The molecule has 0 spiro atoms. The molecule has 2 N–H and O–H groups in total. The van der Waals surface area contributed by atoms with Gasteiger partial charge in [0.25, 0.3) is 0 Å². The molecule has 15 heavy (non-hydrogen) atoms. The second kappa shape index (κ2) is 3.80. The van der Waals surface area contributed by atoms with Crippen molar-refractivity contribution in [2.45, 2.75) is 32.4 Å². The van der Waals surface area contributed by atoms with Crippen LogP contribution in [0.3, 0.4) is 0 Å². The van der Waals surface area contributed by atoms with Crippen molar-refractivity contribution >= 4 is 21.6 Å². The van der Waals surface area contributed by atoms with Crippen molar-refractivity contribution in [3.05, 3.63) is 28.7 Å². The smallest absolute Gasteiger partial charge is 0.0630 e. The van der Waals surface area contributed by atoms with Gasteiger partial charge in [-0.1, -0.05) is 35.8 Å². The summed E-state index contributed by atoms with van der Waals surface area (Å²) in [5, 5.41) is 13.1. The van der Waals surface area contributed by atoms with Crippen LogP contribution in [0, 0.1) is 5.41 Å². The van der Waals surface area contributed by atoms with Gasteiger partial charge in [-0.3, -0.25) is 0 Å². The molecule has 1 aliphatic carbocycles. The third-order valence-corrected chi connectivity index (χ3v) is 3.87. The van der Waals surface area contributed by atoms with E-state index in [0.717, 1.165) is 16.6 Å². The van der Waals surface area contributed by atoms with Crippen LogP contribution in [0.5, 0.6) is 0 Å². The van der Waals surface area contributed by atoms with Crippen LogP contribution in [0.2, 0.25) is 0 Å². The zero-order valence-electron chi connectivity index (χ0n) is 9.00. The summed E-state index contributed by atoms with van der Waals surface area (Å²) in [7, 11) is 0. The normalized spacial score (nSPS) is 28.3. The summed E-state index contributed by atoms with van der Waals surface area (Å²) in [6.07, 6.45) is 0.654. The van der Waals surface area contributed by atoms with Crippen LogP contribution in [0.25, 0.3) is 0 Å². The van der Waals surface area contributed by atoms with Crippen LogP contribution in [0.15, 0.2) is 28.7 Å². The van der Waals surface area contributed by atoms with Crippen LogP contribution in [-0.4, -0.2) is 17.3 Å². The van der Waals surface area contributed by atoms with Crippen molar-refractivity contribution < 1.29 is 5.11 Å². The van der Waals surface area contributed by atoms with Crippen molar-refractivity contribution in [2.75, 3.05) is 5.32 Å². The van der Waals surface area contributed by atoms with Gasteiger partial charge in [0.1, 0.15) is 0 Å². The quantitative estimate of drug-likeness (QED) is 0.865. The summed E-state index contributed by atoms with van der Waals surface area (Å²) in [5.41, 5.74) is 1.08. The Labute approximate surface area is 98.8 Å². The van der Waals surface area contributed by atoms with E-state index in [4.69, 9.17) is 0 Å². The fourth-order valence-electron chi connectivity index (χ4n) is 1.93. The summed E-state index contributed by atoms with van der Waals surface area (Å²) >= 11 is 3.44. The molecule has 3 heteroatoms. The third kappa shape index (κ3) is 2.04. The first-order valence-corrected chi connectivity index (χ1v) is 5.99. The molecule has 2 atom stereocenters. The maximum atomic E-state index is 9.63. The van der Waals surface area contributed by atoms with Crippen molar-refractivity contribution in [1.29, 1.82) is 0 Å². The van der Waals surface area contributed by atoms with Gasteiger partial charge in [-0.15, -0.1) is 0 Å². The molecule has 1 aromatic rings. The Hall–Kier alpha value is -0.540. The van der Waals surface area contributed by atoms with Crippen LogP contribution in [0.1, 0.15) is 20.3 Å². The lowest BCUT2D eigenvalue weighted by molar-refractivity contribution is -0.0510.